The van der Waals surface area contributed by atoms with E-state index in [-0.39, 0.29) is 100 Å². The molecule has 7 N–H and O–H groups in total. The van der Waals surface area contributed by atoms with Crippen LogP contribution in [0.2, 0.25) is 0 Å². The molecule has 5 unspecified atom stereocenters. The van der Waals surface area contributed by atoms with Gasteiger partial charge in [-0.05, 0) is 136 Å². The number of amides is 9. The third kappa shape index (κ3) is 28.9. The Hall–Kier alpha value is -10.3. The van der Waals surface area contributed by atoms with Crippen LogP contribution in [0.4, 0.5) is 4.79 Å². The van der Waals surface area contributed by atoms with E-state index in [1.165, 1.54) is 27.4 Å². The van der Waals surface area contributed by atoms with Gasteiger partial charge in [-0.2, -0.15) is 9.90 Å². The van der Waals surface area contributed by atoms with Crippen LogP contribution < -0.4 is 60.0 Å². The minimum Gasteiger partial charge on any atom is -0.444 e. The van der Waals surface area contributed by atoms with Crippen LogP contribution in [0.15, 0.2) is 96.4 Å². The normalized spacial score (nSPS) is 19.1. The predicted molar refractivity (Wildman–Crippen MR) is 530 cm³/mol. The average Bonchev–Trinajstić information content (AvgIpc) is 1.62. The van der Waals surface area contributed by atoms with Crippen molar-refractivity contribution in [2.75, 3.05) is 184 Å². The second kappa shape index (κ2) is 53.6. The summed E-state index contributed by atoms with van der Waals surface area (Å²) >= 11 is 3.42. The topological polar surface area (TPSA) is 408 Å². The number of imide groups is 4. The van der Waals surface area contributed by atoms with Gasteiger partial charge in [-0.25, -0.2) is 24.0 Å². The highest BCUT2D eigenvalue weighted by Crippen LogP contribution is 2.31. The number of ether oxygens (including phenoxy) is 5. The molecular formula is C95H135BrClN20O18P. The molecule has 5 atom stereocenters. The smallest absolute Gasteiger partial charge is 0.410 e. The van der Waals surface area contributed by atoms with E-state index in [0.717, 1.165) is 200 Å². The molecule has 742 valence electrons. The lowest BCUT2D eigenvalue weighted by atomic mass is 10.0. The Morgan fingerprint density at radius 2 is 0.735 bits per heavy atom. The number of hydrogen-bond donors (Lipinski definition) is 7. The van der Waals surface area contributed by atoms with Gasteiger partial charge in [0.05, 0.1) is 76.1 Å². The van der Waals surface area contributed by atoms with Crippen LogP contribution in [0.25, 0.3) is 44.1 Å². The number of nitrogens with zero attached hydrogens (tertiary/aromatic N) is 13. The first-order valence-corrected chi connectivity index (χ1v) is 47.4. The van der Waals surface area contributed by atoms with Gasteiger partial charge in [0, 0.05) is 202 Å². The number of aryl methyl sites for hydroxylation is 6. The number of terminal acetylenes is 1. The summed E-state index contributed by atoms with van der Waals surface area (Å²) in [7, 11) is 6.81. The van der Waals surface area contributed by atoms with Gasteiger partial charge in [0.15, 0.2) is 0 Å². The molecule has 0 radical (unpaired) electrons. The van der Waals surface area contributed by atoms with Crippen molar-refractivity contribution in [1.29, 1.82) is 0 Å². The molecule has 0 saturated carbocycles. The molecule has 12 heterocycles. The summed E-state index contributed by atoms with van der Waals surface area (Å²) < 4.78 is 40.9. The van der Waals surface area contributed by atoms with Crippen molar-refractivity contribution in [2.24, 2.45) is 28.2 Å². The molecule has 16 rings (SSSR count). The first kappa shape index (κ1) is 109. The molecule has 0 spiro atoms. The summed E-state index contributed by atoms with van der Waals surface area (Å²) in [5, 5.41) is 19.3. The number of para-hydroxylation sites is 4. The molecule has 0 aliphatic carbocycles. The van der Waals surface area contributed by atoms with Crippen LogP contribution in [0, 0.1) is 24.2 Å². The number of carbonyl (C=O) groups is 9. The van der Waals surface area contributed by atoms with Gasteiger partial charge >= 0.3 is 28.9 Å². The quantitative estimate of drug-likeness (QED) is 0.0176. The van der Waals surface area contributed by atoms with Crippen LogP contribution in [0.1, 0.15) is 140 Å². The fourth-order valence-electron chi connectivity index (χ4n) is 17.7. The molecule has 8 aliphatic rings. The Balaban J connectivity index is 0.000000192. The van der Waals surface area contributed by atoms with E-state index in [2.05, 4.69) is 90.5 Å². The second-order valence-electron chi connectivity index (χ2n) is 34.7. The number of benzene rings is 4. The minimum atomic E-state index is -0.703. The average molecular weight is 1990 g/mol. The Labute approximate surface area is 809 Å². The molecule has 8 fully saturated rings. The van der Waals surface area contributed by atoms with Gasteiger partial charge in [0.1, 0.15) is 43.0 Å². The largest absolute Gasteiger partial charge is 0.444 e. The summed E-state index contributed by atoms with van der Waals surface area (Å²) in [4.78, 5) is 169. The van der Waals surface area contributed by atoms with E-state index in [1.807, 2.05) is 95.3 Å². The lowest BCUT2D eigenvalue weighted by molar-refractivity contribution is -0.137. The fraction of sp³-hybridized carbons (Fsp3) is 0.568. The van der Waals surface area contributed by atoms with Gasteiger partial charge in [-0.15, -0.1) is 18.8 Å². The van der Waals surface area contributed by atoms with E-state index in [1.54, 1.807) is 54.4 Å². The molecule has 8 aromatic rings. The zero-order chi connectivity index (χ0) is 96.1. The molecule has 8 aliphatic heterocycles. The van der Waals surface area contributed by atoms with Gasteiger partial charge in [-0.3, -0.25) is 116 Å². The number of fused-ring (bicyclic) bond motifs is 4. The van der Waals surface area contributed by atoms with E-state index in [9.17, 15) is 62.3 Å². The standard InChI is InChI=1S/2C22H31N5O4.C22H27N5O4.C14H24N2O3.C13H12BrN3O3.C2H6.ClH.H3P/c3*1-25-20-16(5-3-14-31-15-13-26-11-9-23-10-12-26)4-2-6-17(20)27(22(25)30)18-7-8-19(28)24-21(18)29;1-5-11-18-12-10-15-6-8-16(9-7-15)13(17)19-14(2,3)4;1-16-11-7(14)3-2-4-8(11)17(13(16)20)9-5-6-10(18)15-12(9)19;1-2;;/h2*2,4,6,18,23H,3,5,7-15H2,1H3,(H,24,28,29);2,4,6,18,23H,7-15H2,1H3,(H,24,28,29);1H,6-12H2,2-4H3;2-4,9H,5-6H2,1H3,(H,15,18,19);1-2H3;1H;1H3. The number of piperidine rings is 4. The Bertz CT molecular complexity index is 5660. The van der Waals surface area contributed by atoms with Crippen molar-refractivity contribution in [1.82, 2.24) is 98.3 Å². The maximum Gasteiger partial charge on any atom is 0.410 e. The number of piperazine rings is 4. The first-order chi connectivity index (χ1) is 64.6. The van der Waals surface area contributed by atoms with Gasteiger partial charge in [-0.1, -0.05) is 68.0 Å². The number of halogens is 2. The maximum atomic E-state index is 13.0. The first-order valence-electron chi connectivity index (χ1n) is 46.6. The molecule has 4 aromatic carbocycles. The monoisotopic (exact) mass is 1990 g/mol. The van der Waals surface area contributed by atoms with Crippen LogP contribution in [-0.2, 0) is 103 Å². The highest BCUT2D eigenvalue weighted by atomic mass is 79.9. The van der Waals surface area contributed by atoms with Crippen LogP contribution in [-0.4, -0.2) is 304 Å². The van der Waals surface area contributed by atoms with Crippen LogP contribution in [0.5, 0.6) is 0 Å². The Morgan fingerprint density at radius 3 is 1.10 bits per heavy atom. The van der Waals surface area contributed by atoms with Crippen molar-refractivity contribution in [3.05, 3.63) is 136 Å². The molecule has 4 aromatic heterocycles. The SMILES string of the molecule is C#CCOCCN1CCN(C(=O)OC(C)(C)C)CC1.CC.Cl.Cn1c(=O)n(C2CCC(=O)NC2=O)c2cccc(Br)c21.Cn1c(=O)n(C2CCC(=O)NC2=O)c2cccc(C#CCOCCN3CCNCC3)c21.Cn1c(=O)n(C2CCC(=O)NC2=O)c2cccc(CCCOCCN3CCNCC3)c21.Cn1c(=O)n(C2CCC(=O)NC2=O)c2cccc(CCCOCCN3CCNCC3)c21.P. The molecule has 38 nitrogen and oxygen atoms in total. The lowest BCUT2D eigenvalue weighted by Gasteiger charge is -2.35. The number of rotatable bonds is 26. The predicted octanol–water partition coefficient (Wildman–Crippen LogP) is 3.71. The fourth-order valence-corrected chi connectivity index (χ4v) is 18.3. The number of imidazole rings is 4. The van der Waals surface area contributed by atoms with Gasteiger partial charge < -0.3 is 44.5 Å². The maximum absolute atomic E-state index is 13.0. The summed E-state index contributed by atoms with van der Waals surface area (Å²) in [6, 6.07) is 19.9. The molecular weight excluding hydrogens is 1860 g/mol. The number of hydrogen-bond acceptors (Lipinski definition) is 25. The number of aromatic nitrogens is 8. The van der Waals surface area contributed by atoms with Crippen molar-refractivity contribution >= 4 is 136 Å². The molecule has 136 heavy (non-hydrogen) atoms. The van der Waals surface area contributed by atoms with Crippen molar-refractivity contribution in [3.63, 3.8) is 0 Å². The Kier molecular flexibility index (Phi) is 43.1. The highest BCUT2D eigenvalue weighted by molar-refractivity contribution is 9.10. The van der Waals surface area contributed by atoms with E-state index in [4.69, 9.17) is 30.1 Å². The zero-order valence-electron chi connectivity index (χ0n) is 79.8. The number of carbonyl (C=O) groups excluding carboxylic acids is 9. The zero-order valence-corrected chi connectivity index (χ0v) is 83.6. The molecule has 0 bridgehead atoms. The van der Waals surface area contributed by atoms with Crippen LogP contribution in [0.3, 0.4) is 0 Å². The summed E-state index contributed by atoms with van der Waals surface area (Å²) in [5.41, 5.74) is 7.26. The van der Waals surface area contributed by atoms with Crippen molar-refractivity contribution in [3.8, 4) is 24.2 Å². The van der Waals surface area contributed by atoms with Crippen molar-refractivity contribution < 1.29 is 66.8 Å². The third-order valence-corrected chi connectivity index (χ3v) is 25.2. The third-order valence-electron chi connectivity index (χ3n) is 24.5. The summed E-state index contributed by atoms with van der Waals surface area (Å²) in [6.07, 6.45) is 10.4. The van der Waals surface area contributed by atoms with E-state index in [0.29, 0.717) is 101 Å². The highest BCUT2D eigenvalue weighted by Gasteiger charge is 2.37. The Morgan fingerprint density at radius 1 is 0.419 bits per heavy atom. The van der Waals surface area contributed by atoms with Crippen molar-refractivity contribution in [2.45, 2.75) is 141 Å². The number of nitrogens with one attached hydrogen (secondary N) is 7. The molecule has 9 amide bonds. The summed E-state index contributed by atoms with van der Waals surface area (Å²) in [5.74, 6) is 5.72. The van der Waals surface area contributed by atoms with E-state index < -0.39 is 53.4 Å². The van der Waals surface area contributed by atoms with Gasteiger partial charge in [0.2, 0.25) is 47.3 Å². The van der Waals surface area contributed by atoms with E-state index >= 15 is 0 Å². The minimum absolute atomic E-state index is 0. The summed E-state index contributed by atoms with van der Waals surface area (Å²) in [6.45, 7) is 33.7. The van der Waals surface area contributed by atoms with Gasteiger partial charge in [0.25, 0.3) is 0 Å². The second-order valence-corrected chi connectivity index (χ2v) is 35.5. The molecule has 41 heteroatoms. The molecule has 8 saturated heterocycles. The lowest BCUT2D eigenvalue weighted by Crippen LogP contribution is -2.50. The van der Waals surface area contributed by atoms with Crippen LogP contribution >= 0.6 is 38.2 Å².